The molecule has 0 radical (unpaired) electrons. The highest BCUT2D eigenvalue weighted by Gasteiger charge is 1.46. The van der Waals surface area contributed by atoms with Crippen molar-refractivity contribution in [2.45, 2.75) is 6.92 Å². The van der Waals surface area contributed by atoms with Gasteiger partial charge in [-0.25, -0.2) is 0 Å². The molecule has 0 rings (SSSR count). The molecule has 4 heteroatoms. The molecule has 6 heavy (non-hydrogen) atoms. The van der Waals surface area contributed by atoms with Gasteiger partial charge in [0, 0.05) is 5.97 Å². The van der Waals surface area contributed by atoms with Crippen molar-refractivity contribution < 1.29 is 9.90 Å². The van der Waals surface area contributed by atoms with Gasteiger partial charge in [0.15, 0.2) is 0 Å². The number of aliphatic carboxylic acids is 1. The molecule has 0 heterocycles. The molecule has 0 bridgehead atoms. The summed E-state index contributed by atoms with van der Waals surface area (Å²) in [4.78, 5) is 8.89. The van der Waals surface area contributed by atoms with Crippen LogP contribution >= 0.6 is 13.5 Å². The summed E-state index contributed by atoms with van der Waals surface area (Å²) >= 11 is 0. The lowest BCUT2D eigenvalue weighted by Crippen LogP contribution is -2.16. The second-order valence-electron chi connectivity index (χ2n) is 0.492. The van der Waals surface area contributed by atoms with Crippen molar-refractivity contribution in [3.63, 3.8) is 0 Å². The maximum Gasteiger partial charge on any atom is 0.0383 e. The van der Waals surface area contributed by atoms with E-state index in [1.807, 2.05) is 0 Å². The Kier molecular flexibility index (Phi) is 25.2. The molecule has 0 spiro atoms. The Labute approximate surface area is 43.4 Å². The highest BCUT2D eigenvalue weighted by molar-refractivity contribution is 7.59. The fourth-order valence-electron chi connectivity index (χ4n) is 0. The second kappa shape index (κ2) is 8.84. The molecule has 0 saturated carbocycles. The zero-order chi connectivity index (χ0) is 3.58. The Morgan fingerprint density at radius 2 is 1.67 bits per heavy atom. The van der Waals surface area contributed by atoms with Crippen LogP contribution in [-0.2, 0) is 4.79 Å². The van der Waals surface area contributed by atoms with Crippen molar-refractivity contribution in [3.05, 3.63) is 0 Å². The average molecular weight is 111 g/mol. The van der Waals surface area contributed by atoms with Gasteiger partial charge >= 0.3 is 0 Å². The third-order valence-corrected chi connectivity index (χ3v) is 0. The van der Waals surface area contributed by atoms with E-state index in [0.717, 1.165) is 6.92 Å². The molecule has 0 aliphatic carbocycles. The van der Waals surface area contributed by atoms with Crippen molar-refractivity contribution in [3.8, 4) is 0 Å². The van der Waals surface area contributed by atoms with E-state index < -0.39 is 5.97 Å². The monoisotopic (exact) mass is 111 g/mol. The van der Waals surface area contributed by atoms with Gasteiger partial charge < -0.3 is 16.1 Å². The Hall–Kier alpha value is -0.220. The summed E-state index contributed by atoms with van der Waals surface area (Å²) in [5, 5.41) is 8.89. The largest absolute Gasteiger partial charge is 0.550 e. The van der Waals surface area contributed by atoms with Gasteiger partial charge in [-0.05, 0) is 6.92 Å². The van der Waals surface area contributed by atoms with Gasteiger partial charge in [-0.2, -0.15) is 13.5 Å². The summed E-state index contributed by atoms with van der Waals surface area (Å²) in [6, 6.07) is 0. The summed E-state index contributed by atoms with van der Waals surface area (Å²) in [6.07, 6.45) is 0. The number of carbonyl (C=O) groups is 1. The first-order valence-electron chi connectivity index (χ1n) is 0.908. The van der Waals surface area contributed by atoms with Crippen molar-refractivity contribution in [2.75, 3.05) is 0 Å². The molecule has 0 saturated heterocycles. The predicted molar refractivity (Wildman–Crippen MR) is 27.0 cm³/mol. The van der Waals surface area contributed by atoms with E-state index in [-0.39, 0.29) is 19.6 Å². The third kappa shape index (κ3) is 604. The number of hydrogen-bond donors (Lipinski definition) is 1. The highest BCUT2D eigenvalue weighted by Crippen LogP contribution is 1.31. The molecule has 0 unspecified atom stereocenters. The van der Waals surface area contributed by atoms with E-state index in [1.165, 1.54) is 0 Å². The van der Waals surface area contributed by atoms with E-state index in [0.29, 0.717) is 0 Å². The van der Waals surface area contributed by atoms with Gasteiger partial charge in [0.25, 0.3) is 0 Å². The van der Waals surface area contributed by atoms with Crippen molar-refractivity contribution in [1.29, 1.82) is 0 Å². The van der Waals surface area contributed by atoms with Gasteiger partial charge in [-0.1, -0.05) is 0 Å². The van der Waals surface area contributed by atoms with Crippen molar-refractivity contribution >= 4 is 19.5 Å². The first kappa shape index (κ1) is 17.1. The van der Waals surface area contributed by atoms with Gasteiger partial charge in [0.2, 0.25) is 0 Å². The number of hydrogen-bond acceptors (Lipinski definition) is 2. The van der Waals surface area contributed by atoms with E-state index in [2.05, 4.69) is 0 Å². The Balaban J connectivity index is -0.0000000450. The third-order valence-electron chi connectivity index (χ3n) is 0. The standard InChI is InChI=1S/C2H4O2.H3N.H2S/c1-2(3)4;;/h1H3,(H,3,4);1H3;1H2. The lowest BCUT2D eigenvalue weighted by atomic mass is 10.9. The summed E-state index contributed by atoms with van der Waals surface area (Å²) < 4.78 is 0. The zero-order valence-corrected chi connectivity index (χ0v) is 4.82. The SMILES string of the molecule is CC(=O)[O-].S.[NH4+]. The zero-order valence-electron chi connectivity index (χ0n) is 3.82. The summed E-state index contributed by atoms with van der Waals surface area (Å²) in [5.41, 5.74) is 0. The lowest BCUT2D eigenvalue weighted by molar-refractivity contribution is -0.302. The summed E-state index contributed by atoms with van der Waals surface area (Å²) in [5.74, 6) is -1.08. The fourth-order valence-corrected chi connectivity index (χ4v) is 0. The minimum atomic E-state index is -1.08. The normalized spacial score (nSPS) is 4.17. The van der Waals surface area contributed by atoms with Gasteiger partial charge in [-0.15, -0.1) is 0 Å². The highest BCUT2D eigenvalue weighted by atomic mass is 32.1. The van der Waals surface area contributed by atoms with Crippen LogP contribution in [0.1, 0.15) is 6.92 Å². The molecule has 0 aliphatic heterocycles. The van der Waals surface area contributed by atoms with Crippen LogP contribution in [0.25, 0.3) is 0 Å². The summed E-state index contributed by atoms with van der Waals surface area (Å²) in [6.45, 7) is 0.972. The van der Waals surface area contributed by atoms with Gasteiger partial charge in [-0.3, -0.25) is 0 Å². The van der Waals surface area contributed by atoms with Gasteiger partial charge in [0.05, 0.1) is 0 Å². The van der Waals surface area contributed by atoms with Crippen LogP contribution in [0.5, 0.6) is 0 Å². The quantitative estimate of drug-likeness (QED) is 0.446. The van der Waals surface area contributed by atoms with Crippen LogP contribution in [0.2, 0.25) is 0 Å². The maximum atomic E-state index is 8.89. The van der Waals surface area contributed by atoms with E-state index >= 15 is 0 Å². The Morgan fingerprint density at radius 1 is 1.67 bits per heavy atom. The predicted octanol–water partition coefficient (Wildman–Crippen LogP) is -0.755. The Bertz CT molecular complexity index is 34.5. The van der Waals surface area contributed by atoms with Crippen LogP contribution in [0.15, 0.2) is 0 Å². The topological polar surface area (TPSA) is 76.6 Å². The van der Waals surface area contributed by atoms with Crippen LogP contribution in [0.3, 0.4) is 0 Å². The van der Waals surface area contributed by atoms with Crippen LogP contribution < -0.4 is 11.3 Å². The molecule has 4 N–H and O–H groups in total. The molecular formula is C2H9NO2S. The molecule has 0 aromatic heterocycles. The molecule has 3 nitrogen and oxygen atoms in total. The minimum Gasteiger partial charge on any atom is -0.550 e. The number of carboxylic acid groups (broad SMARTS) is 1. The van der Waals surface area contributed by atoms with Crippen LogP contribution in [0, 0.1) is 0 Å². The molecular weight excluding hydrogens is 102 g/mol. The summed E-state index contributed by atoms with van der Waals surface area (Å²) in [7, 11) is 0. The number of quaternary nitrogens is 1. The van der Waals surface area contributed by atoms with E-state index in [9.17, 15) is 0 Å². The molecule has 0 amide bonds. The average Bonchev–Trinajstić information content (AvgIpc) is 0.811. The molecule has 0 aliphatic rings. The van der Waals surface area contributed by atoms with Gasteiger partial charge in [0.1, 0.15) is 0 Å². The number of rotatable bonds is 0. The van der Waals surface area contributed by atoms with Crippen molar-refractivity contribution in [2.24, 2.45) is 0 Å². The number of carbonyl (C=O) groups excluding carboxylic acids is 1. The van der Waals surface area contributed by atoms with E-state index in [1.54, 1.807) is 0 Å². The molecule has 0 aromatic rings. The Morgan fingerprint density at radius 3 is 1.67 bits per heavy atom. The first-order chi connectivity index (χ1) is 1.73. The molecule has 0 aromatic carbocycles. The molecule has 0 fully saturated rings. The smallest absolute Gasteiger partial charge is 0.0383 e. The maximum absolute atomic E-state index is 8.89. The minimum absolute atomic E-state index is 0. The van der Waals surface area contributed by atoms with Crippen LogP contribution in [0.4, 0.5) is 0 Å². The molecule has 0 atom stereocenters. The van der Waals surface area contributed by atoms with Crippen LogP contribution in [-0.4, -0.2) is 5.97 Å². The molecule has 40 valence electrons. The first-order valence-corrected chi connectivity index (χ1v) is 0.908. The lowest BCUT2D eigenvalue weighted by Gasteiger charge is -1.77. The fraction of sp³-hybridized carbons (Fsp3) is 0.500. The second-order valence-corrected chi connectivity index (χ2v) is 0.492. The number of carboxylic acids is 1. The van der Waals surface area contributed by atoms with E-state index in [4.69, 9.17) is 9.90 Å². The van der Waals surface area contributed by atoms with Crippen molar-refractivity contribution in [1.82, 2.24) is 6.15 Å².